The number of hydrogen-bond acceptors (Lipinski definition) is 5. The number of nitrogens with two attached hydrogens (primary N) is 1. The summed E-state index contributed by atoms with van der Waals surface area (Å²) in [4.78, 5) is -0.178. The molecule has 1 aromatic rings. The molecular formula is C10H8BrClN4O2S. The van der Waals surface area contributed by atoms with Crippen molar-refractivity contribution in [3.8, 4) is 12.1 Å². The second-order valence-electron chi connectivity index (χ2n) is 3.40. The van der Waals surface area contributed by atoms with Gasteiger partial charge >= 0.3 is 0 Å². The topological polar surface area (TPSA) is 111 Å². The molecule has 0 atom stereocenters. The van der Waals surface area contributed by atoms with E-state index in [1.807, 2.05) is 0 Å². The molecule has 0 aliphatic heterocycles. The zero-order valence-electron chi connectivity index (χ0n) is 9.47. The predicted octanol–water partition coefficient (Wildman–Crippen LogP) is 1.72. The molecule has 9 heteroatoms. The van der Waals surface area contributed by atoms with Gasteiger partial charge in [-0.05, 0) is 28.1 Å². The molecule has 0 radical (unpaired) electrons. The van der Waals surface area contributed by atoms with E-state index in [0.717, 1.165) is 4.31 Å². The van der Waals surface area contributed by atoms with Crippen LogP contribution in [-0.2, 0) is 10.0 Å². The third-order valence-corrected chi connectivity index (χ3v) is 5.33. The number of nitriles is 2. The summed E-state index contributed by atoms with van der Waals surface area (Å²) in [6.07, 6.45) is 0. The van der Waals surface area contributed by atoms with E-state index in [4.69, 9.17) is 27.9 Å². The third-order valence-electron chi connectivity index (χ3n) is 2.14. The van der Waals surface area contributed by atoms with E-state index in [0.29, 0.717) is 0 Å². The quantitative estimate of drug-likeness (QED) is 0.646. The van der Waals surface area contributed by atoms with Crippen LogP contribution in [0.1, 0.15) is 0 Å². The van der Waals surface area contributed by atoms with E-state index >= 15 is 0 Å². The maximum atomic E-state index is 12.3. The Morgan fingerprint density at radius 3 is 2.32 bits per heavy atom. The monoisotopic (exact) mass is 362 g/mol. The highest BCUT2D eigenvalue weighted by molar-refractivity contribution is 9.10. The summed E-state index contributed by atoms with van der Waals surface area (Å²) in [6.45, 7) is -0.872. The van der Waals surface area contributed by atoms with Crippen LogP contribution in [0.15, 0.2) is 21.5 Å². The fraction of sp³-hybridized carbons (Fsp3) is 0.200. The van der Waals surface area contributed by atoms with Crippen LogP contribution in [0, 0.1) is 22.7 Å². The van der Waals surface area contributed by atoms with E-state index in [1.54, 1.807) is 12.1 Å². The van der Waals surface area contributed by atoms with Crippen molar-refractivity contribution in [2.75, 3.05) is 18.8 Å². The van der Waals surface area contributed by atoms with E-state index in [9.17, 15) is 8.42 Å². The Kier molecular flexibility index (Phi) is 5.15. The average molecular weight is 364 g/mol. The van der Waals surface area contributed by atoms with Gasteiger partial charge < -0.3 is 5.73 Å². The van der Waals surface area contributed by atoms with Crippen molar-refractivity contribution in [3.05, 3.63) is 21.6 Å². The summed E-state index contributed by atoms with van der Waals surface area (Å²) in [5, 5.41) is 17.4. The van der Waals surface area contributed by atoms with Gasteiger partial charge in [0.2, 0.25) is 10.0 Å². The van der Waals surface area contributed by atoms with Gasteiger partial charge in [0.25, 0.3) is 0 Å². The van der Waals surface area contributed by atoms with Gasteiger partial charge in [-0.3, -0.25) is 0 Å². The second-order valence-corrected chi connectivity index (χ2v) is 6.53. The van der Waals surface area contributed by atoms with E-state index < -0.39 is 23.1 Å². The Hall–Kier alpha value is -1.32. The van der Waals surface area contributed by atoms with Crippen molar-refractivity contribution >= 4 is 43.2 Å². The van der Waals surface area contributed by atoms with Gasteiger partial charge in [-0.25, -0.2) is 8.42 Å². The Morgan fingerprint density at radius 1 is 1.32 bits per heavy atom. The number of halogens is 2. The van der Waals surface area contributed by atoms with Crippen molar-refractivity contribution in [3.63, 3.8) is 0 Å². The molecule has 0 aliphatic carbocycles. The molecule has 19 heavy (non-hydrogen) atoms. The number of nitrogens with zero attached hydrogens (tertiary/aromatic N) is 3. The lowest BCUT2D eigenvalue weighted by Gasteiger charge is -2.17. The van der Waals surface area contributed by atoms with Crippen LogP contribution >= 0.6 is 27.5 Å². The molecule has 2 N–H and O–H groups in total. The third kappa shape index (κ3) is 3.37. The summed E-state index contributed by atoms with van der Waals surface area (Å²) < 4.78 is 25.5. The maximum Gasteiger partial charge on any atom is 0.246 e. The van der Waals surface area contributed by atoms with Gasteiger partial charge in [0, 0.05) is 10.7 Å². The van der Waals surface area contributed by atoms with Crippen LogP contribution in [0.4, 0.5) is 5.69 Å². The van der Waals surface area contributed by atoms with Crippen LogP contribution < -0.4 is 5.73 Å². The lowest BCUT2D eigenvalue weighted by molar-refractivity contribution is 0.479. The number of sulfonamides is 1. The molecule has 6 nitrogen and oxygen atoms in total. The van der Waals surface area contributed by atoms with Crippen LogP contribution in [0.25, 0.3) is 0 Å². The largest absolute Gasteiger partial charge is 0.398 e. The fourth-order valence-electron chi connectivity index (χ4n) is 1.29. The zero-order chi connectivity index (χ0) is 14.6. The summed E-state index contributed by atoms with van der Waals surface area (Å²) in [6, 6.07) is 5.99. The Morgan fingerprint density at radius 2 is 1.84 bits per heavy atom. The number of hydrogen-bond donors (Lipinski definition) is 1. The molecule has 0 bridgehead atoms. The second kappa shape index (κ2) is 6.22. The van der Waals surface area contributed by atoms with Gasteiger partial charge in [0.1, 0.15) is 18.0 Å². The van der Waals surface area contributed by atoms with Gasteiger partial charge in [-0.2, -0.15) is 14.8 Å². The molecule has 0 fully saturated rings. The molecule has 100 valence electrons. The van der Waals surface area contributed by atoms with Gasteiger partial charge in [0.05, 0.1) is 16.6 Å². The first-order chi connectivity index (χ1) is 8.84. The first-order valence-electron chi connectivity index (χ1n) is 4.83. The normalized spacial score (nSPS) is 11.0. The summed E-state index contributed by atoms with van der Waals surface area (Å²) in [5.41, 5.74) is 5.77. The summed E-state index contributed by atoms with van der Waals surface area (Å²) >= 11 is 8.84. The molecule has 0 heterocycles. The van der Waals surface area contributed by atoms with Crippen LogP contribution in [0.3, 0.4) is 0 Å². The minimum atomic E-state index is -4.02. The molecule has 0 amide bonds. The highest BCUT2D eigenvalue weighted by Crippen LogP contribution is 2.33. The van der Waals surface area contributed by atoms with Crippen LogP contribution in [-0.4, -0.2) is 25.8 Å². The lowest BCUT2D eigenvalue weighted by Crippen LogP contribution is -2.32. The molecule has 0 spiro atoms. The van der Waals surface area contributed by atoms with Crippen LogP contribution in [0.5, 0.6) is 0 Å². The molecular weight excluding hydrogens is 356 g/mol. The van der Waals surface area contributed by atoms with Gasteiger partial charge in [-0.1, -0.05) is 11.6 Å². The lowest BCUT2D eigenvalue weighted by atomic mass is 10.3. The van der Waals surface area contributed by atoms with Crippen molar-refractivity contribution in [2.24, 2.45) is 0 Å². The molecule has 0 aromatic heterocycles. The standard InChI is InChI=1S/C10H8BrClN4O2S/c11-10-8(15)5-7(12)6-9(10)19(17,18)16(3-1-13)4-2-14/h5-6H,3-4,15H2. The first-order valence-corrected chi connectivity index (χ1v) is 7.44. The van der Waals surface area contributed by atoms with Crippen LogP contribution in [0.2, 0.25) is 5.02 Å². The SMILES string of the molecule is N#CCN(CC#N)S(=O)(=O)c1cc(Cl)cc(N)c1Br. The first kappa shape index (κ1) is 15.7. The summed E-state index contributed by atoms with van der Waals surface area (Å²) in [7, 11) is -4.02. The molecule has 0 aliphatic rings. The molecule has 0 saturated heterocycles. The number of rotatable bonds is 4. The number of benzene rings is 1. The Labute approximate surface area is 124 Å². The Bertz CT molecular complexity index is 662. The van der Waals surface area contributed by atoms with Crippen molar-refractivity contribution in [1.29, 1.82) is 10.5 Å². The van der Waals surface area contributed by atoms with E-state index in [1.165, 1.54) is 12.1 Å². The fourth-order valence-corrected chi connectivity index (χ4v) is 3.78. The van der Waals surface area contributed by atoms with Gasteiger partial charge in [0.15, 0.2) is 0 Å². The molecule has 1 aromatic carbocycles. The molecule has 0 unspecified atom stereocenters. The van der Waals surface area contributed by atoms with E-state index in [2.05, 4.69) is 15.9 Å². The minimum absolute atomic E-state index is 0.146. The van der Waals surface area contributed by atoms with Crippen molar-refractivity contribution in [1.82, 2.24) is 4.31 Å². The van der Waals surface area contributed by atoms with E-state index in [-0.39, 0.29) is 20.1 Å². The Balaban J connectivity index is 3.43. The van der Waals surface area contributed by atoms with Crippen molar-refractivity contribution in [2.45, 2.75) is 4.90 Å². The average Bonchev–Trinajstić information content (AvgIpc) is 2.33. The zero-order valence-corrected chi connectivity index (χ0v) is 12.6. The summed E-state index contributed by atoms with van der Waals surface area (Å²) in [5.74, 6) is 0. The highest BCUT2D eigenvalue weighted by atomic mass is 79.9. The molecule has 1 rings (SSSR count). The van der Waals surface area contributed by atoms with Gasteiger partial charge in [-0.15, -0.1) is 0 Å². The molecule has 0 saturated carbocycles. The number of anilines is 1. The minimum Gasteiger partial charge on any atom is -0.398 e. The maximum absolute atomic E-state index is 12.3. The highest BCUT2D eigenvalue weighted by Gasteiger charge is 2.27. The predicted molar refractivity (Wildman–Crippen MR) is 73.5 cm³/mol. The van der Waals surface area contributed by atoms with Crippen molar-refractivity contribution < 1.29 is 8.42 Å². The number of nitrogen functional groups attached to an aromatic ring is 1. The smallest absolute Gasteiger partial charge is 0.246 e.